The lowest BCUT2D eigenvalue weighted by atomic mass is 9.72. The van der Waals surface area contributed by atoms with Crippen molar-refractivity contribution in [3.8, 4) is 0 Å². The van der Waals surface area contributed by atoms with Gasteiger partial charge >= 0.3 is 0 Å². The summed E-state index contributed by atoms with van der Waals surface area (Å²) < 4.78 is 1.32. The number of hydrogen-bond donors (Lipinski definition) is 0. The van der Waals surface area contributed by atoms with Gasteiger partial charge in [0.2, 0.25) is 0 Å². The average molecular weight is 343 g/mol. The molecule has 1 aromatic rings. The maximum Gasteiger partial charge on any atom is 0.0367 e. The van der Waals surface area contributed by atoms with E-state index in [0.717, 1.165) is 0 Å². The summed E-state index contributed by atoms with van der Waals surface area (Å²) in [7, 11) is 0. The molecule has 1 aliphatic heterocycles. The molecule has 1 fully saturated rings. The minimum atomic E-state index is 0.618. The first-order chi connectivity index (χ1) is 8.19. The number of hydrogen-bond acceptors (Lipinski definition) is 1. The lowest BCUT2D eigenvalue weighted by molar-refractivity contribution is 0.173. The van der Waals surface area contributed by atoms with Crippen molar-refractivity contribution in [2.24, 2.45) is 5.41 Å². The third-order valence-corrected chi connectivity index (χ3v) is 4.52. The molecule has 0 aromatic heterocycles. The van der Waals surface area contributed by atoms with Gasteiger partial charge in [0, 0.05) is 27.8 Å². The van der Waals surface area contributed by atoms with Crippen LogP contribution >= 0.6 is 22.6 Å². The van der Waals surface area contributed by atoms with Crippen LogP contribution in [0.4, 0.5) is 5.69 Å². The molecule has 0 bridgehead atoms. The fourth-order valence-electron chi connectivity index (χ4n) is 3.10. The molecule has 17 heavy (non-hydrogen) atoms. The van der Waals surface area contributed by atoms with Crippen LogP contribution in [0.3, 0.4) is 0 Å². The summed E-state index contributed by atoms with van der Waals surface area (Å²) in [5.74, 6) is 0. The first kappa shape index (κ1) is 13.2. The van der Waals surface area contributed by atoms with E-state index < -0.39 is 0 Å². The SMILES string of the molecule is CCCC1(CCC)CN(c2ccc(I)cc2)C1. The van der Waals surface area contributed by atoms with Gasteiger partial charge in [0.25, 0.3) is 0 Å². The van der Waals surface area contributed by atoms with Gasteiger partial charge in [0.05, 0.1) is 0 Å². The summed E-state index contributed by atoms with van der Waals surface area (Å²) in [6.07, 6.45) is 5.42. The molecule has 2 heteroatoms. The number of rotatable bonds is 5. The highest BCUT2D eigenvalue weighted by Gasteiger charge is 2.41. The zero-order valence-electron chi connectivity index (χ0n) is 10.9. The second-order valence-corrected chi connectivity index (χ2v) is 6.58. The molecular formula is C15H22IN. The van der Waals surface area contributed by atoms with Crippen LogP contribution in [0.2, 0.25) is 0 Å². The molecule has 1 nitrogen and oxygen atoms in total. The van der Waals surface area contributed by atoms with E-state index in [0.29, 0.717) is 5.41 Å². The van der Waals surface area contributed by atoms with E-state index in [2.05, 4.69) is 65.6 Å². The molecule has 0 saturated carbocycles. The van der Waals surface area contributed by atoms with Crippen LogP contribution in [-0.4, -0.2) is 13.1 Å². The van der Waals surface area contributed by atoms with Crippen LogP contribution < -0.4 is 4.90 Å². The van der Waals surface area contributed by atoms with Crippen LogP contribution in [-0.2, 0) is 0 Å². The minimum absolute atomic E-state index is 0.618. The maximum absolute atomic E-state index is 2.53. The quantitative estimate of drug-likeness (QED) is 0.701. The van der Waals surface area contributed by atoms with Crippen molar-refractivity contribution < 1.29 is 0 Å². The Kier molecular flexibility index (Phi) is 4.34. The van der Waals surface area contributed by atoms with E-state index in [1.54, 1.807) is 0 Å². The topological polar surface area (TPSA) is 3.24 Å². The van der Waals surface area contributed by atoms with Gasteiger partial charge in [-0.1, -0.05) is 26.7 Å². The molecule has 94 valence electrons. The molecular weight excluding hydrogens is 321 g/mol. The van der Waals surface area contributed by atoms with Crippen LogP contribution in [0.15, 0.2) is 24.3 Å². The minimum Gasteiger partial charge on any atom is -0.370 e. The van der Waals surface area contributed by atoms with Gasteiger partial charge in [-0.2, -0.15) is 0 Å². The Hall–Kier alpha value is -0.250. The predicted octanol–water partition coefficient (Wildman–Crippen LogP) is 4.70. The summed E-state index contributed by atoms with van der Waals surface area (Å²) in [5.41, 5.74) is 2.01. The monoisotopic (exact) mass is 343 g/mol. The number of benzene rings is 1. The van der Waals surface area contributed by atoms with Crippen molar-refractivity contribution in [2.45, 2.75) is 39.5 Å². The molecule has 1 aromatic carbocycles. The van der Waals surface area contributed by atoms with Gasteiger partial charge in [-0.15, -0.1) is 0 Å². The van der Waals surface area contributed by atoms with Crippen LogP contribution in [0.25, 0.3) is 0 Å². The molecule has 0 radical (unpaired) electrons. The van der Waals surface area contributed by atoms with Gasteiger partial charge in [-0.3, -0.25) is 0 Å². The highest BCUT2D eigenvalue weighted by molar-refractivity contribution is 14.1. The average Bonchev–Trinajstić information content (AvgIpc) is 2.27. The molecule has 2 rings (SSSR count). The Labute approximate surface area is 119 Å². The standard InChI is InChI=1S/C15H22IN/c1-3-9-15(10-4-2)11-17(12-15)14-7-5-13(16)6-8-14/h5-8H,3-4,9-12H2,1-2H3. The van der Waals surface area contributed by atoms with Crippen molar-refractivity contribution in [1.82, 2.24) is 0 Å². The Balaban J connectivity index is 1.98. The van der Waals surface area contributed by atoms with Gasteiger partial charge in [-0.25, -0.2) is 0 Å². The molecule has 0 N–H and O–H groups in total. The zero-order valence-corrected chi connectivity index (χ0v) is 13.0. The van der Waals surface area contributed by atoms with E-state index >= 15 is 0 Å². The first-order valence-corrected chi connectivity index (χ1v) is 7.77. The van der Waals surface area contributed by atoms with Gasteiger partial charge in [0.15, 0.2) is 0 Å². The molecule has 0 unspecified atom stereocenters. The summed E-state index contributed by atoms with van der Waals surface area (Å²) in [6.45, 7) is 7.14. The van der Waals surface area contributed by atoms with Crippen LogP contribution in [0.1, 0.15) is 39.5 Å². The van der Waals surface area contributed by atoms with E-state index in [4.69, 9.17) is 0 Å². The van der Waals surface area contributed by atoms with Crippen LogP contribution in [0, 0.1) is 8.99 Å². The lowest BCUT2D eigenvalue weighted by Gasteiger charge is -2.52. The first-order valence-electron chi connectivity index (χ1n) is 6.69. The zero-order chi connectivity index (χ0) is 12.3. The summed E-state index contributed by atoms with van der Waals surface area (Å²) in [4.78, 5) is 2.53. The molecule has 0 spiro atoms. The third kappa shape index (κ3) is 2.95. The Bertz CT molecular complexity index is 344. The van der Waals surface area contributed by atoms with E-state index in [1.807, 2.05) is 0 Å². The number of halogens is 1. The third-order valence-electron chi connectivity index (χ3n) is 3.80. The van der Waals surface area contributed by atoms with Gasteiger partial charge in [0.1, 0.15) is 0 Å². The summed E-state index contributed by atoms with van der Waals surface area (Å²) in [5, 5.41) is 0. The van der Waals surface area contributed by atoms with E-state index in [1.165, 1.54) is 48.0 Å². The van der Waals surface area contributed by atoms with Crippen molar-refractivity contribution >= 4 is 28.3 Å². The smallest absolute Gasteiger partial charge is 0.0367 e. The second-order valence-electron chi connectivity index (χ2n) is 5.33. The van der Waals surface area contributed by atoms with E-state index in [9.17, 15) is 0 Å². The highest BCUT2D eigenvalue weighted by Crippen LogP contribution is 2.41. The second kappa shape index (κ2) is 5.59. The van der Waals surface area contributed by atoms with Crippen molar-refractivity contribution in [3.63, 3.8) is 0 Å². The molecule has 0 aliphatic carbocycles. The summed E-state index contributed by atoms with van der Waals surface area (Å²) >= 11 is 2.37. The molecule has 1 aliphatic rings. The molecule has 0 atom stereocenters. The Morgan fingerprint density at radius 2 is 1.59 bits per heavy atom. The van der Waals surface area contributed by atoms with Gasteiger partial charge in [-0.05, 0) is 59.7 Å². The Morgan fingerprint density at radius 1 is 1.06 bits per heavy atom. The van der Waals surface area contributed by atoms with Crippen molar-refractivity contribution in [2.75, 3.05) is 18.0 Å². The molecule has 1 heterocycles. The maximum atomic E-state index is 2.53. The summed E-state index contributed by atoms with van der Waals surface area (Å²) in [6, 6.07) is 8.91. The molecule has 1 saturated heterocycles. The normalized spacial score (nSPS) is 17.9. The highest BCUT2D eigenvalue weighted by atomic mass is 127. The van der Waals surface area contributed by atoms with Crippen LogP contribution in [0.5, 0.6) is 0 Å². The van der Waals surface area contributed by atoms with Crippen molar-refractivity contribution in [1.29, 1.82) is 0 Å². The number of nitrogens with zero attached hydrogens (tertiary/aromatic N) is 1. The predicted molar refractivity (Wildman–Crippen MR) is 83.6 cm³/mol. The Morgan fingerprint density at radius 3 is 2.06 bits per heavy atom. The molecule has 0 amide bonds. The fraction of sp³-hybridized carbons (Fsp3) is 0.600. The number of anilines is 1. The van der Waals surface area contributed by atoms with E-state index in [-0.39, 0.29) is 0 Å². The largest absolute Gasteiger partial charge is 0.370 e. The lowest BCUT2D eigenvalue weighted by Crippen LogP contribution is -2.56. The van der Waals surface area contributed by atoms with Gasteiger partial charge < -0.3 is 4.90 Å². The van der Waals surface area contributed by atoms with Crippen molar-refractivity contribution in [3.05, 3.63) is 27.8 Å². The fourth-order valence-corrected chi connectivity index (χ4v) is 3.46.